The van der Waals surface area contributed by atoms with Gasteiger partial charge in [-0.15, -0.1) is 0 Å². The van der Waals surface area contributed by atoms with E-state index in [0.29, 0.717) is 11.6 Å². The van der Waals surface area contributed by atoms with Crippen molar-refractivity contribution in [2.45, 2.75) is 19.4 Å². The Balaban J connectivity index is 2.81. The fourth-order valence-corrected chi connectivity index (χ4v) is 0.965. The third-order valence-electron chi connectivity index (χ3n) is 1.72. The summed E-state index contributed by atoms with van der Waals surface area (Å²) in [6.45, 7) is 3.40. The molecule has 0 aliphatic heterocycles. The molecule has 1 aromatic heterocycles. The maximum atomic E-state index is 9.50. The molecule has 0 bridgehead atoms. The number of nitrogen functional groups attached to an aromatic ring is 1. The van der Waals surface area contributed by atoms with Crippen molar-refractivity contribution in [2.75, 3.05) is 31.3 Å². The molecule has 6 heteroatoms. The van der Waals surface area contributed by atoms with Gasteiger partial charge in [-0.05, 0) is 13.8 Å². The first-order valence-corrected chi connectivity index (χ1v) is 4.95. The molecule has 0 saturated carbocycles. The zero-order chi connectivity index (χ0) is 12.3. The highest BCUT2D eigenvalue weighted by molar-refractivity contribution is 5.46. The van der Waals surface area contributed by atoms with Gasteiger partial charge in [0, 0.05) is 20.2 Å². The lowest BCUT2D eigenvalue weighted by Crippen LogP contribution is -2.28. The number of hydrogen-bond acceptors (Lipinski definition) is 6. The molecule has 0 spiro atoms. The number of aromatic nitrogens is 2. The van der Waals surface area contributed by atoms with Gasteiger partial charge in [-0.25, -0.2) is 0 Å². The summed E-state index contributed by atoms with van der Waals surface area (Å²) in [5.74, 6) is 1.00. The van der Waals surface area contributed by atoms with E-state index < -0.39 is 5.60 Å². The molecule has 16 heavy (non-hydrogen) atoms. The molecular formula is C10H18N4O2. The van der Waals surface area contributed by atoms with E-state index in [2.05, 4.69) is 9.97 Å². The number of aliphatic hydroxyl groups is 1. The Morgan fingerprint density at radius 3 is 2.56 bits per heavy atom. The summed E-state index contributed by atoms with van der Waals surface area (Å²) in [7, 11) is 3.70. The Bertz CT molecular complexity index is 360. The second-order valence-corrected chi connectivity index (χ2v) is 4.43. The minimum Gasteiger partial charge on any atom is -0.460 e. The van der Waals surface area contributed by atoms with Crippen molar-refractivity contribution in [3.8, 4) is 6.01 Å². The largest absolute Gasteiger partial charge is 0.460 e. The van der Waals surface area contributed by atoms with Crippen molar-refractivity contribution < 1.29 is 9.84 Å². The van der Waals surface area contributed by atoms with Gasteiger partial charge in [0.2, 0.25) is 0 Å². The van der Waals surface area contributed by atoms with Crippen LogP contribution >= 0.6 is 0 Å². The van der Waals surface area contributed by atoms with Crippen molar-refractivity contribution in [3.05, 3.63) is 6.07 Å². The Kier molecular flexibility index (Phi) is 3.54. The lowest BCUT2D eigenvalue weighted by atomic mass is 10.2. The van der Waals surface area contributed by atoms with Crippen LogP contribution in [0.25, 0.3) is 0 Å². The maximum Gasteiger partial charge on any atom is 0.320 e. The molecule has 0 aliphatic rings. The number of rotatable bonds is 4. The van der Waals surface area contributed by atoms with E-state index in [4.69, 9.17) is 10.5 Å². The number of anilines is 2. The molecule has 3 N–H and O–H groups in total. The summed E-state index contributed by atoms with van der Waals surface area (Å²) in [5.41, 5.74) is 4.69. The SMILES string of the molecule is CN(C)c1cc(N)nc(OCC(C)(C)O)n1. The fraction of sp³-hybridized carbons (Fsp3) is 0.600. The number of hydrogen-bond donors (Lipinski definition) is 2. The van der Waals surface area contributed by atoms with E-state index in [1.54, 1.807) is 24.8 Å². The zero-order valence-corrected chi connectivity index (χ0v) is 10.1. The highest BCUT2D eigenvalue weighted by Crippen LogP contribution is 2.16. The summed E-state index contributed by atoms with van der Waals surface area (Å²) in [5, 5.41) is 9.50. The molecule has 1 heterocycles. The van der Waals surface area contributed by atoms with Gasteiger partial charge >= 0.3 is 6.01 Å². The zero-order valence-electron chi connectivity index (χ0n) is 10.1. The van der Waals surface area contributed by atoms with Crippen LogP contribution in [-0.4, -0.2) is 41.4 Å². The van der Waals surface area contributed by atoms with Crippen LogP contribution in [-0.2, 0) is 0 Å². The molecule has 1 aromatic rings. The summed E-state index contributed by atoms with van der Waals surface area (Å²) in [6.07, 6.45) is 0. The molecule has 6 nitrogen and oxygen atoms in total. The summed E-state index contributed by atoms with van der Waals surface area (Å²) < 4.78 is 5.26. The molecule has 0 aromatic carbocycles. The molecule has 0 fully saturated rings. The van der Waals surface area contributed by atoms with Crippen molar-refractivity contribution in [1.29, 1.82) is 0 Å². The third kappa shape index (κ3) is 3.90. The number of nitrogens with zero attached hydrogens (tertiary/aromatic N) is 3. The van der Waals surface area contributed by atoms with Crippen LogP contribution in [0.3, 0.4) is 0 Å². The average molecular weight is 226 g/mol. The molecule has 0 amide bonds. The van der Waals surface area contributed by atoms with E-state index >= 15 is 0 Å². The fourth-order valence-electron chi connectivity index (χ4n) is 0.965. The van der Waals surface area contributed by atoms with Gasteiger partial charge in [0.1, 0.15) is 18.2 Å². The van der Waals surface area contributed by atoms with Crippen molar-refractivity contribution in [2.24, 2.45) is 0 Å². The normalized spacial score (nSPS) is 11.3. The topological polar surface area (TPSA) is 84.5 Å². The molecule has 0 radical (unpaired) electrons. The van der Waals surface area contributed by atoms with Crippen LogP contribution in [0.15, 0.2) is 6.07 Å². The van der Waals surface area contributed by atoms with Crippen LogP contribution in [0.5, 0.6) is 6.01 Å². The molecule has 0 unspecified atom stereocenters. The van der Waals surface area contributed by atoms with Gasteiger partial charge in [-0.3, -0.25) is 0 Å². The van der Waals surface area contributed by atoms with Crippen molar-refractivity contribution in [1.82, 2.24) is 9.97 Å². The van der Waals surface area contributed by atoms with Gasteiger partial charge in [0.15, 0.2) is 0 Å². The predicted octanol–water partition coefficient (Wildman–Crippen LogP) is 0.275. The predicted molar refractivity (Wildman–Crippen MR) is 62.6 cm³/mol. The van der Waals surface area contributed by atoms with Gasteiger partial charge in [0.05, 0.1) is 5.60 Å². The highest BCUT2D eigenvalue weighted by Gasteiger charge is 2.15. The molecule has 1 rings (SSSR count). The van der Waals surface area contributed by atoms with Crippen LogP contribution in [0.2, 0.25) is 0 Å². The summed E-state index contributed by atoms with van der Waals surface area (Å²) in [4.78, 5) is 9.86. The second kappa shape index (κ2) is 4.52. The Morgan fingerprint density at radius 2 is 2.06 bits per heavy atom. The van der Waals surface area contributed by atoms with E-state index in [1.165, 1.54) is 0 Å². The lowest BCUT2D eigenvalue weighted by Gasteiger charge is -2.18. The van der Waals surface area contributed by atoms with E-state index in [1.807, 2.05) is 14.1 Å². The Labute approximate surface area is 95.1 Å². The smallest absolute Gasteiger partial charge is 0.320 e. The third-order valence-corrected chi connectivity index (χ3v) is 1.72. The first-order chi connectivity index (χ1) is 7.28. The Hall–Kier alpha value is -1.56. The second-order valence-electron chi connectivity index (χ2n) is 4.43. The van der Waals surface area contributed by atoms with Gasteiger partial charge in [0.25, 0.3) is 0 Å². The molecule has 0 aliphatic carbocycles. The molecule has 90 valence electrons. The van der Waals surface area contributed by atoms with E-state index in [-0.39, 0.29) is 12.6 Å². The molecular weight excluding hydrogens is 208 g/mol. The lowest BCUT2D eigenvalue weighted by molar-refractivity contribution is 0.0251. The Morgan fingerprint density at radius 1 is 1.44 bits per heavy atom. The van der Waals surface area contributed by atoms with Gasteiger partial charge in [-0.2, -0.15) is 9.97 Å². The minimum atomic E-state index is -0.924. The van der Waals surface area contributed by atoms with Crippen molar-refractivity contribution in [3.63, 3.8) is 0 Å². The standard InChI is InChI=1S/C10H18N4O2/c1-10(2,15)6-16-9-12-7(11)5-8(13-9)14(3)4/h5,15H,6H2,1-4H3,(H2,11,12,13). The summed E-state index contributed by atoms with van der Waals surface area (Å²) >= 11 is 0. The highest BCUT2D eigenvalue weighted by atomic mass is 16.5. The van der Waals surface area contributed by atoms with Crippen LogP contribution in [0.1, 0.15) is 13.8 Å². The molecule has 0 saturated heterocycles. The van der Waals surface area contributed by atoms with Gasteiger partial charge < -0.3 is 20.5 Å². The first-order valence-electron chi connectivity index (χ1n) is 4.95. The van der Waals surface area contributed by atoms with Crippen LogP contribution in [0.4, 0.5) is 11.6 Å². The molecule has 0 atom stereocenters. The number of nitrogens with two attached hydrogens (primary N) is 1. The van der Waals surface area contributed by atoms with E-state index in [9.17, 15) is 5.11 Å². The minimum absolute atomic E-state index is 0.114. The quantitative estimate of drug-likeness (QED) is 0.767. The van der Waals surface area contributed by atoms with Crippen molar-refractivity contribution >= 4 is 11.6 Å². The average Bonchev–Trinajstić information content (AvgIpc) is 2.13. The van der Waals surface area contributed by atoms with E-state index in [0.717, 1.165) is 0 Å². The van der Waals surface area contributed by atoms with Crippen LogP contribution in [0, 0.1) is 0 Å². The first kappa shape index (κ1) is 12.5. The summed E-state index contributed by atoms with van der Waals surface area (Å²) in [6, 6.07) is 1.82. The van der Waals surface area contributed by atoms with Gasteiger partial charge in [-0.1, -0.05) is 0 Å². The number of ether oxygens (including phenoxy) is 1. The van der Waals surface area contributed by atoms with Crippen LogP contribution < -0.4 is 15.4 Å². The monoisotopic (exact) mass is 226 g/mol. The maximum absolute atomic E-state index is 9.50.